The first-order valence-corrected chi connectivity index (χ1v) is 7.34. The molecule has 0 aromatic heterocycles. The van der Waals surface area contributed by atoms with E-state index in [9.17, 15) is 0 Å². The van der Waals surface area contributed by atoms with Crippen LogP contribution in [0.25, 0.3) is 0 Å². The molecular formula is C18H24N2O2. The van der Waals surface area contributed by atoms with Crippen LogP contribution in [0.3, 0.4) is 0 Å². The third-order valence-corrected chi connectivity index (χ3v) is 3.90. The summed E-state index contributed by atoms with van der Waals surface area (Å²) < 4.78 is 10.9. The van der Waals surface area contributed by atoms with Gasteiger partial charge in [-0.15, -0.1) is 0 Å². The average Bonchev–Trinajstić information content (AvgIpc) is 2.59. The van der Waals surface area contributed by atoms with Gasteiger partial charge in [0.1, 0.15) is 5.75 Å². The second-order valence-electron chi connectivity index (χ2n) is 5.24. The SMILES string of the molecule is COC[C@H]([C@H](N)c1ccccc1)N(C)c1ccccc1OC. The summed E-state index contributed by atoms with van der Waals surface area (Å²) in [5.74, 6) is 0.825. The van der Waals surface area contributed by atoms with Crippen molar-refractivity contribution in [2.24, 2.45) is 5.73 Å². The molecule has 0 spiro atoms. The number of benzene rings is 2. The summed E-state index contributed by atoms with van der Waals surface area (Å²) in [5, 5.41) is 0. The van der Waals surface area contributed by atoms with Crippen LogP contribution in [0.2, 0.25) is 0 Å². The van der Waals surface area contributed by atoms with Crippen molar-refractivity contribution in [1.82, 2.24) is 0 Å². The summed E-state index contributed by atoms with van der Waals surface area (Å²) in [5.41, 5.74) is 8.58. The number of rotatable bonds is 7. The average molecular weight is 300 g/mol. The Hall–Kier alpha value is -2.04. The summed E-state index contributed by atoms with van der Waals surface area (Å²) >= 11 is 0. The predicted molar refractivity (Wildman–Crippen MR) is 90.4 cm³/mol. The summed E-state index contributed by atoms with van der Waals surface area (Å²) in [7, 11) is 5.39. The molecule has 2 rings (SSSR count). The summed E-state index contributed by atoms with van der Waals surface area (Å²) in [6.07, 6.45) is 0. The highest BCUT2D eigenvalue weighted by atomic mass is 16.5. The number of likely N-dealkylation sites (N-methyl/N-ethyl adjacent to an activating group) is 1. The molecule has 0 aliphatic heterocycles. The third kappa shape index (κ3) is 3.59. The van der Waals surface area contributed by atoms with Crippen LogP contribution in [0.4, 0.5) is 5.69 Å². The van der Waals surface area contributed by atoms with E-state index in [2.05, 4.69) is 4.90 Å². The fourth-order valence-corrected chi connectivity index (χ4v) is 2.62. The lowest BCUT2D eigenvalue weighted by Gasteiger charge is -2.34. The highest BCUT2D eigenvalue weighted by Gasteiger charge is 2.25. The second-order valence-corrected chi connectivity index (χ2v) is 5.24. The van der Waals surface area contributed by atoms with Gasteiger partial charge in [0.2, 0.25) is 0 Å². The summed E-state index contributed by atoms with van der Waals surface area (Å²) in [6.45, 7) is 0.532. The fraction of sp³-hybridized carbons (Fsp3) is 0.333. The lowest BCUT2D eigenvalue weighted by Crippen LogP contribution is -2.44. The van der Waals surface area contributed by atoms with Gasteiger partial charge in [0.05, 0.1) is 31.5 Å². The number of hydrogen-bond donors (Lipinski definition) is 1. The molecule has 4 heteroatoms. The van der Waals surface area contributed by atoms with Gasteiger partial charge in [0, 0.05) is 14.2 Å². The third-order valence-electron chi connectivity index (χ3n) is 3.90. The molecular weight excluding hydrogens is 276 g/mol. The quantitative estimate of drug-likeness (QED) is 0.854. The largest absolute Gasteiger partial charge is 0.495 e. The molecule has 2 aromatic carbocycles. The highest BCUT2D eigenvalue weighted by molar-refractivity contribution is 5.59. The van der Waals surface area contributed by atoms with Crippen LogP contribution >= 0.6 is 0 Å². The highest BCUT2D eigenvalue weighted by Crippen LogP contribution is 2.31. The van der Waals surface area contributed by atoms with E-state index in [-0.39, 0.29) is 12.1 Å². The van der Waals surface area contributed by atoms with Crippen LogP contribution in [0, 0.1) is 0 Å². The van der Waals surface area contributed by atoms with Crippen molar-refractivity contribution in [3.05, 3.63) is 60.2 Å². The van der Waals surface area contributed by atoms with E-state index in [1.165, 1.54) is 0 Å². The molecule has 2 aromatic rings. The Morgan fingerprint density at radius 1 is 1.00 bits per heavy atom. The minimum Gasteiger partial charge on any atom is -0.495 e. The Bertz CT molecular complexity index is 574. The van der Waals surface area contributed by atoms with Crippen molar-refractivity contribution in [3.63, 3.8) is 0 Å². The van der Waals surface area contributed by atoms with Crippen molar-refractivity contribution in [2.45, 2.75) is 12.1 Å². The normalized spacial score (nSPS) is 13.5. The first-order valence-electron chi connectivity index (χ1n) is 7.34. The maximum atomic E-state index is 6.49. The maximum absolute atomic E-state index is 6.49. The molecule has 22 heavy (non-hydrogen) atoms. The van der Waals surface area contributed by atoms with Crippen LogP contribution in [-0.2, 0) is 4.74 Å². The van der Waals surface area contributed by atoms with Crippen molar-refractivity contribution >= 4 is 5.69 Å². The maximum Gasteiger partial charge on any atom is 0.142 e. The molecule has 0 aliphatic rings. The minimum atomic E-state index is -0.156. The Balaban J connectivity index is 2.30. The van der Waals surface area contributed by atoms with Gasteiger partial charge in [-0.2, -0.15) is 0 Å². The van der Waals surface area contributed by atoms with Crippen molar-refractivity contribution < 1.29 is 9.47 Å². The monoisotopic (exact) mass is 300 g/mol. The molecule has 2 atom stereocenters. The summed E-state index contributed by atoms with van der Waals surface area (Å²) in [4.78, 5) is 2.12. The van der Waals surface area contributed by atoms with E-state index < -0.39 is 0 Å². The van der Waals surface area contributed by atoms with Crippen LogP contribution in [-0.4, -0.2) is 33.9 Å². The van der Waals surface area contributed by atoms with Gasteiger partial charge in [-0.05, 0) is 17.7 Å². The van der Waals surface area contributed by atoms with E-state index in [0.29, 0.717) is 6.61 Å². The molecule has 2 N–H and O–H groups in total. The molecule has 0 unspecified atom stereocenters. The van der Waals surface area contributed by atoms with Gasteiger partial charge in [0.15, 0.2) is 0 Å². The fourth-order valence-electron chi connectivity index (χ4n) is 2.62. The standard InChI is InChI=1S/C18H24N2O2/c1-20(15-11-7-8-12-17(15)22-3)16(13-21-2)18(19)14-9-5-4-6-10-14/h4-12,16,18H,13,19H2,1-3H3/t16-,18-/m1/s1. The van der Waals surface area contributed by atoms with Crippen molar-refractivity contribution in [2.75, 3.05) is 32.8 Å². The zero-order valence-electron chi connectivity index (χ0n) is 13.4. The molecule has 0 aliphatic carbocycles. The van der Waals surface area contributed by atoms with E-state index in [1.807, 2.05) is 61.6 Å². The topological polar surface area (TPSA) is 47.7 Å². The zero-order chi connectivity index (χ0) is 15.9. The molecule has 4 nitrogen and oxygen atoms in total. The van der Waals surface area contributed by atoms with Crippen LogP contribution in [0.1, 0.15) is 11.6 Å². The molecule has 0 radical (unpaired) electrons. The van der Waals surface area contributed by atoms with Gasteiger partial charge in [-0.1, -0.05) is 42.5 Å². The van der Waals surface area contributed by atoms with E-state index >= 15 is 0 Å². The predicted octanol–water partition coefficient (Wildman–Crippen LogP) is 2.85. The zero-order valence-corrected chi connectivity index (χ0v) is 13.4. The van der Waals surface area contributed by atoms with Crippen molar-refractivity contribution in [1.29, 1.82) is 0 Å². The van der Waals surface area contributed by atoms with Gasteiger partial charge < -0.3 is 20.1 Å². The van der Waals surface area contributed by atoms with Gasteiger partial charge >= 0.3 is 0 Å². The first kappa shape index (κ1) is 16.3. The smallest absolute Gasteiger partial charge is 0.142 e. The summed E-state index contributed by atoms with van der Waals surface area (Å²) in [6, 6.07) is 17.9. The lowest BCUT2D eigenvalue weighted by molar-refractivity contribution is 0.168. The van der Waals surface area contributed by atoms with Crippen molar-refractivity contribution in [3.8, 4) is 5.75 Å². The lowest BCUT2D eigenvalue weighted by atomic mass is 9.99. The Kier molecular flexibility index (Phi) is 5.81. The van der Waals surface area contributed by atoms with Crippen LogP contribution < -0.4 is 15.4 Å². The number of para-hydroxylation sites is 2. The van der Waals surface area contributed by atoms with Gasteiger partial charge in [-0.25, -0.2) is 0 Å². The van der Waals surface area contributed by atoms with Gasteiger partial charge in [-0.3, -0.25) is 0 Å². The number of anilines is 1. The molecule has 0 saturated carbocycles. The van der Waals surface area contributed by atoms with E-state index in [4.69, 9.17) is 15.2 Å². The number of nitrogens with two attached hydrogens (primary N) is 1. The molecule has 118 valence electrons. The van der Waals surface area contributed by atoms with Gasteiger partial charge in [0.25, 0.3) is 0 Å². The number of nitrogens with zero attached hydrogens (tertiary/aromatic N) is 1. The molecule has 0 fully saturated rings. The van der Waals surface area contributed by atoms with E-state index in [1.54, 1.807) is 14.2 Å². The Morgan fingerprint density at radius 3 is 2.27 bits per heavy atom. The Morgan fingerprint density at radius 2 is 1.64 bits per heavy atom. The molecule has 0 amide bonds. The molecule has 0 saturated heterocycles. The minimum absolute atomic E-state index is 0.00343. The Labute approximate surface area is 132 Å². The number of methoxy groups -OCH3 is 2. The number of ether oxygens (including phenoxy) is 2. The second kappa shape index (κ2) is 7.82. The molecule has 0 bridgehead atoms. The number of hydrogen-bond acceptors (Lipinski definition) is 4. The molecule has 0 heterocycles. The van der Waals surface area contributed by atoms with Crippen LogP contribution in [0.15, 0.2) is 54.6 Å². The van der Waals surface area contributed by atoms with E-state index in [0.717, 1.165) is 17.0 Å². The first-order chi connectivity index (χ1) is 10.7. The van der Waals surface area contributed by atoms with Crippen LogP contribution in [0.5, 0.6) is 5.75 Å².